The van der Waals surface area contributed by atoms with Gasteiger partial charge in [-0.05, 0) is 50.5 Å². The molecular weight excluding hydrogens is 256 g/mol. The first-order chi connectivity index (χ1) is 9.37. The fourth-order valence-electron chi connectivity index (χ4n) is 2.42. The van der Waals surface area contributed by atoms with Crippen molar-refractivity contribution in [2.24, 2.45) is 0 Å². The van der Waals surface area contributed by atoms with Crippen LogP contribution < -0.4 is 10.6 Å². The predicted octanol–water partition coefficient (Wildman–Crippen LogP) is 2.03. The molecule has 5 heteroatoms. The van der Waals surface area contributed by atoms with Gasteiger partial charge < -0.3 is 15.7 Å². The van der Waals surface area contributed by atoms with Crippen molar-refractivity contribution in [1.82, 2.24) is 5.32 Å². The summed E-state index contributed by atoms with van der Waals surface area (Å²) in [7, 11) is 0. The molecule has 0 fully saturated rings. The maximum absolute atomic E-state index is 12.2. The van der Waals surface area contributed by atoms with Crippen molar-refractivity contribution in [3.05, 3.63) is 29.3 Å². The highest BCUT2D eigenvalue weighted by atomic mass is 16.4. The Labute approximate surface area is 118 Å². The lowest BCUT2D eigenvalue weighted by molar-refractivity contribution is -0.138. The summed E-state index contributed by atoms with van der Waals surface area (Å²) in [6.07, 6.45) is 1.91. The Kier molecular flexibility index (Phi) is 3.97. The van der Waals surface area contributed by atoms with E-state index in [1.165, 1.54) is 0 Å². The molecule has 1 aromatic rings. The average molecular weight is 276 g/mol. The van der Waals surface area contributed by atoms with Gasteiger partial charge in [0, 0.05) is 23.3 Å². The zero-order valence-corrected chi connectivity index (χ0v) is 11.8. The number of aliphatic carboxylic acids is 1. The molecule has 0 radical (unpaired) electrons. The van der Waals surface area contributed by atoms with Gasteiger partial charge in [0.1, 0.15) is 0 Å². The molecule has 2 rings (SSSR count). The molecular formula is C15H20N2O3. The van der Waals surface area contributed by atoms with Gasteiger partial charge in [0.15, 0.2) is 0 Å². The summed E-state index contributed by atoms with van der Waals surface area (Å²) >= 11 is 0. The van der Waals surface area contributed by atoms with E-state index in [1.54, 1.807) is 19.9 Å². The molecule has 1 aromatic carbocycles. The van der Waals surface area contributed by atoms with Gasteiger partial charge in [-0.25, -0.2) is 0 Å². The van der Waals surface area contributed by atoms with E-state index in [-0.39, 0.29) is 12.3 Å². The number of anilines is 1. The minimum absolute atomic E-state index is 0.106. The van der Waals surface area contributed by atoms with Crippen molar-refractivity contribution in [1.29, 1.82) is 0 Å². The number of carbonyl (C=O) groups excluding carboxylic acids is 1. The van der Waals surface area contributed by atoms with Crippen LogP contribution in [-0.4, -0.2) is 29.1 Å². The molecule has 20 heavy (non-hydrogen) atoms. The Morgan fingerprint density at radius 1 is 1.40 bits per heavy atom. The molecule has 0 saturated carbocycles. The molecule has 108 valence electrons. The van der Waals surface area contributed by atoms with Crippen molar-refractivity contribution in [3.8, 4) is 0 Å². The summed E-state index contributed by atoms with van der Waals surface area (Å²) in [5, 5.41) is 14.9. The van der Waals surface area contributed by atoms with Crippen molar-refractivity contribution in [2.45, 2.75) is 38.6 Å². The van der Waals surface area contributed by atoms with Crippen molar-refractivity contribution < 1.29 is 14.7 Å². The van der Waals surface area contributed by atoms with Crippen LogP contribution in [0.3, 0.4) is 0 Å². The van der Waals surface area contributed by atoms with Crippen LogP contribution in [0, 0.1) is 0 Å². The third kappa shape index (κ3) is 3.50. The van der Waals surface area contributed by atoms with Crippen LogP contribution >= 0.6 is 0 Å². The SMILES string of the molecule is CC(C)(CC(=O)O)NC(=O)c1ccc2c(c1)CCCN2. The highest BCUT2D eigenvalue weighted by Crippen LogP contribution is 2.23. The third-order valence-corrected chi connectivity index (χ3v) is 3.35. The number of hydrogen-bond donors (Lipinski definition) is 3. The molecule has 3 N–H and O–H groups in total. The zero-order valence-electron chi connectivity index (χ0n) is 11.8. The molecule has 1 heterocycles. The lowest BCUT2D eigenvalue weighted by Gasteiger charge is -2.25. The fourth-order valence-corrected chi connectivity index (χ4v) is 2.42. The Bertz CT molecular complexity index is 538. The molecule has 0 saturated heterocycles. The topological polar surface area (TPSA) is 78.4 Å². The third-order valence-electron chi connectivity index (χ3n) is 3.35. The van der Waals surface area contributed by atoms with Gasteiger partial charge in [0.2, 0.25) is 0 Å². The molecule has 0 aliphatic carbocycles. The first-order valence-electron chi connectivity index (χ1n) is 6.78. The van der Waals surface area contributed by atoms with Crippen LogP contribution in [-0.2, 0) is 11.2 Å². The Morgan fingerprint density at radius 3 is 2.85 bits per heavy atom. The number of fused-ring (bicyclic) bond motifs is 1. The molecule has 0 spiro atoms. The first kappa shape index (κ1) is 14.4. The lowest BCUT2D eigenvalue weighted by atomic mass is 9.98. The quantitative estimate of drug-likeness (QED) is 0.786. The monoisotopic (exact) mass is 276 g/mol. The van der Waals surface area contributed by atoms with Gasteiger partial charge in [-0.3, -0.25) is 9.59 Å². The average Bonchev–Trinajstić information content (AvgIpc) is 2.36. The number of carbonyl (C=O) groups is 2. The van der Waals surface area contributed by atoms with Crippen LogP contribution in [0.25, 0.3) is 0 Å². The summed E-state index contributed by atoms with van der Waals surface area (Å²) in [6, 6.07) is 5.56. The summed E-state index contributed by atoms with van der Waals surface area (Å²) in [4.78, 5) is 23.0. The van der Waals surface area contributed by atoms with Crippen LogP contribution in [0.2, 0.25) is 0 Å². The summed E-state index contributed by atoms with van der Waals surface area (Å²) in [5.74, 6) is -1.16. The molecule has 0 atom stereocenters. The Morgan fingerprint density at radius 2 is 2.15 bits per heavy atom. The van der Waals surface area contributed by atoms with Crippen molar-refractivity contribution in [3.63, 3.8) is 0 Å². The number of amides is 1. The van der Waals surface area contributed by atoms with Crippen LogP contribution in [0.1, 0.15) is 42.6 Å². The summed E-state index contributed by atoms with van der Waals surface area (Å²) in [5.41, 5.74) is 2.03. The second-order valence-corrected chi connectivity index (χ2v) is 5.81. The van der Waals surface area contributed by atoms with E-state index in [0.717, 1.165) is 30.6 Å². The van der Waals surface area contributed by atoms with Gasteiger partial charge in [0.05, 0.1) is 6.42 Å². The van der Waals surface area contributed by atoms with Crippen LogP contribution in [0.5, 0.6) is 0 Å². The van der Waals surface area contributed by atoms with E-state index in [1.807, 2.05) is 12.1 Å². The van der Waals surface area contributed by atoms with Gasteiger partial charge in [0.25, 0.3) is 5.91 Å². The molecule has 0 bridgehead atoms. The van der Waals surface area contributed by atoms with E-state index in [4.69, 9.17) is 5.11 Å². The number of aryl methyl sites for hydroxylation is 1. The predicted molar refractivity (Wildman–Crippen MR) is 77.1 cm³/mol. The molecule has 1 aliphatic heterocycles. The second-order valence-electron chi connectivity index (χ2n) is 5.81. The molecule has 1 aliphatic rings. The normalized spacial score (nSPS) is 14.1. The summed E-state index contributed by atoms with van der Waals surface area (Å²) in [6.45, 7) is 4.38. The van der Waals surface area contributed by atoms with Gasteiger partial charge in [-0.2, -0.15) is 0 Å². The zero-order chi connectivity index (χ0) is 14.8. The van der Waals surface area contributed by atoms with E-state index < -0.39 is 11.5 Å². The Hall–Kier alpha value is -2.04. The number of rotatable bonds is 4. The number of carboxylic acids is 1. The van der Waals surface area contributed by atoms with Gasteiger partial charge >= 0.3 is 5.97 Å². The highest BCUT2D eigenvalue weighted by Gasteiger charge is 2.24. The maximum atomic E-state index is 12.2. The maximum Gasteiger partial charge on any atom is 0.305 e. The minimum Gasteiger partial charge on any atom is -0.481 e. The van der Waals surface area contributed by atoms with E-state index >= 15 is 0 Å². The first-order valence-corrected chi connectivity index (χ1v) is 6.78. The van der Waals surface area contributed by atoms with Gasteiger partial charge in [-0.15, -0.1) is 0 Å². The largest absolute Gasteiger partial charge is 0.481 e. The lowest BCUT2D eigenvalue weighted by Crippen LogP contribution is -2.45. The van der Waals surface area contributed by atoms with Crippen molar-refractivity contribution >= 4 is 17.6 Å². The molecule has 0 aromatic heterocycles. The molecule has 0 unspecified atom stereocenters. The second kappa shape index (κ2) is 5.53. The molecule has 5 nitrogen and oxygen atoms in total. The number of benzene rings is 1. The van der Waals surface area contributed by atoms with E-state index in [9.17, 15) is 9.59 Å². The Balaban J connectivity index is 2.11. The fraction of sp³-hybridized carbons (Fsp3) is 0.467. The van der Waals surface area contributed by atoms with E-state index in [0.29, 0.717) is 5.56 Å². The number of hydrogen-bond acceptors (Lipinski definition) is 3. The van der Waals surface area contributed by atoms with Gasteiger partial charge in [-0.1, -0.05) is 0 Å². The van der Waals surface area contributed by atoms with E-state index in [2.05, 4.69) is 10.6 Å². The van der Waals surface area contributed by atoms with Crippen LogP contribution in [0.4, 0.5) is 5.69 Å². The van der Waals surface area contributed by atoms with Crippen molar-refractivity contribution in [2.75, 3.05) is 11.9 Å². The highest BCUT2D eigenvalue weighted by molar-refractivity contribution is 5.95. The standard InChI is InChI=1S/C15H20N2O3/c1-15(2,9-13(18)19)17-14(20)11-5-6-12-10(8-11)4-3-7-16-12/h5-6,8,16H,3-4,7,9H2,1-2H3,(H,17,20)(H,18,19). The number of carboxylic acid groups (broad SMARTS) is 1. The van der Waals surface area contributed by atoms with Crippen LogP contribution in [0.15, 0.2) is 18.2 Å². The number of nitrogens with one attached hydrogen (secondary N) is 2. The minimum atomic E-state index is -0.926. The molecule has 1 amide bonds. The summed E-state index contributed by atoms with van der Waals surface area (Å²) < 4.78 is 0. The smallest absolute Gasteiger partial charge is 0.305 e.